The molecule has 1 N–H and O–H groups in total. The fourth-order valence-electron chi connectivity index (χ4n) is 1.12. The number of rotatable bonds is 3. The van der Waals surface area contributed by atoms with Gasteiger partial charge in [-0.25, -0.2) is 0 Å². The van der Waals surface area contributed by atoms with Crippen molar-refractivity contribution in [3.63, 3.8) is 0 Å². The highest BCUT2D eigenvalue weighted by Crippen LogP contribution is 2.23. The zero-order valence-corrected chi connectivity index (χ0v) is 10.6. The molecule has 0 saturated heterocycles. The minimum atomic E-state index is 0.774. The molecule has 0 aromatic carbocycles. The number of thiophene rings is 1. The maximum atomic E-state index is 4.04. The van der Waals surface area contributed by atoms with Crippen LogP contribution in [-0.4, -0.2) is 10.2 Å². The van der Waals surface area contributed by atoms with Gasteiger partial charge in [0, 0.05) is 9.35 Å². The summed E-state index contributed by atoms with van der Waals surface area (Å²) < 4.78 is 1.14. The molecule has 2 aromatic heterocycles. The summed E-state index contributed by atoms with van der Waals surface area (Å²) in [6, 6.07) is 5.92. The van der Waals surface area contributed by atoms with Crippen LogP contribution in [0.5, 0.6) is 0 Å². The number of nitrogens with one attached hydrogen (secondary N) is 1. The first-order chi connectivity index (χ1) is 7.25. The Bertz CT molecular complexity index is 438. The van der Waals surface area contributed by atoms with E-state index >= 15 is 0 Å². The van der Waals surface area contributed by atoms with E-state index in [-0.39, 0.29) is 0 Å². The van der Waals surface area contributed by atoms with Gasteiger partial charge in [-0.3, -0.25) is 0 Å². The van der Waals surface area contributed by atoms with E-state index in [0.717, 1.165) is 22.5 Å². The van der Waals surface area contributed by atoms with Gasteiger partial charge in [-0.2, -0.15) is 5.10 Å². The predicted octanol–water partition coefficient (Wildman–Crippen LogP) is 3.22. The van der Waals surface area contributed by atoms with Crippen LogP contribution in [0.15, 0.2) is 28.1 Å². The second-order valence-electron chi connectivity index (χ2n) is 3.11. The minimum absolute atomic E-state index is 0.774. The minimum Gasteiger partial charge on any atom is -0.364 e. The van der Waals surface area contributed by atoms with Gasteiger partial charge in [-0.1, -0.05) is 0 Å². The molecule has 5 heteroatoms. The lowest BCUT2D eigenvalue weighted by Crippen LogP contribution is -2.01. The standard InChI is InChI=1S/C10H10BrN3S/c1-7-2-3-10(14-13-7)12-6-9-8(11)4-5-15-9/h2-5H,6H2,1H3,(H,12,14). The summed E-state index contributed by atoms with van der Waals surface area (Å²) in [5.74, 6) is 0.806. The lowest BCUT2D eigenvalue weighted by molar-refractivity contribution is 0.966. The summed E-state index contributed by atoms with van der Waals surface area (Å²) in [5.41, 5.74) is 0.929. The number of anilines is 1. The summed E-state index contributed by atoms with van der Waals surface area (Å²) in [5, 5.41) is 13.3. The number of aryl methyl sites for hydroxylation is 1. The van der Waals surface area contributed by atoms with Gasteiger partial charge < -0.3 is 5.32 Å². The van der Waals surface area contributed by atoms with Crippen LogP contribution < -0.4 is 5.32 Å². The smallest absolute Gasteiger partial charge is 0.148 e. The van der Waals surface area contributed by atoms with Crippen molar-refractivity contribution in [1.82, 2.24) is 10.2 Å². The zero-order valence-electron chi connectivity index (χ0n) is 8.20. The Balaban J connectivity index is 1.99. The molecule has 0 radical (unpaired) electrons. The van der Waals surface area contributed by atoms with Gasteiger partial charge in [0.05, 0.1) is 12.2 Å². The van der Waals surface area contributed by atoms with Crippen molar-refractivity contribution < 1.29 is 0 Å². The third-order valence-electron chi connectivity index (χ3n) is 1.92. The van der Waals surface area contributed by atoms with Crippen LogP contribution >= 0.6 is 27.3 Å². The molecule has 3 nitrogen and oxygen atoms in total. The Morgan fingerprint density at radius 1 is 1.33 bits per heavy atom. The van der Waals surface area contributed by atoms with E-state index in [2.05, 4.69) is 36.8 Å². The first kappa shape index (κ1) is 10.6. The number of aromatic nitrogens is 2. The van der Waals surface area contributed by atoms with E-state index < -0.39 is 0 Å². The summed E-state index contributed by atoms with van der Waals surface area (Å²) in [6.45, 7) is 2.70. The van der Waals surface area contributed by atoms with Gasteiger partial charge in [0.2, 0.25) is 0 Å². The molecule has 0 unspecified atom stereocenters. The van der Waals surface area contributed by atoms with Crippen LogP contribution in [0.1, 0.15) is 10.6 Å². The highest BCUT2D eigenvalue weighted by molar-refractivity contribution is 9.10. The fourth-order valence-corrected chi connectivity index (χ4v) is 2.55. The van der Waals surface area contributed by atoms with Crippen LogP contribution in [0, 0.1) is 6.92 Å². The van der Waals surface area contributed by atoms with E-state index in [4.69, 9.17) is 0 Å². The molecule has 2 rings (SSSR count). The lowest BCUT2D eigenvalue weighted by Gasteiger charge is -2.03. The lowest BCUT2D eigenvalue weighted by atomic mass is 10.4. The molecule has 2 aromatic rings. The number of nitrogens with zero attached hydrogens (tertiary/aromatic N) is 2. The van der Waals surface area contributed by atoms with Crippen molar-refractivity contribution >= 4 is 33.1 Å². The van der Waals surface area contributed by atoms with Crippen molar-refractivity contribution in [1.29, 1.82) is 0 Å². The topological polar surface area (TPSA) is 37.8 Å². The number of halogens is 1. The molecule has 0 atom stereocenters. The quantitative estimate of drug-likeness (QED) is 0.940. The van der Waals surface area contributed by atoms with Crippen molar-refractivity contribution in [2.24, 2.45) is 0 Å². The van der Waals surface area contributed by atoms with Gasteiger partial charge in [0.15, 0.2) is 0 Å². The normalized spacial score (nSPS) is 10.3. The van der Waals surface area contributed by atoms with Gasteiger partial charge in [0.1, 0.15) is 5.82 Å². The van der Waals surface area contributed by atoms with E-state index in [1.54, 1.807) is 11.3 Å². The molecule has 0 amide bonds. The van der Waals surface area contributed by atoms with Crippen LogP contribution in [-0.2, 0) is 6.54 Å². The second kappa shape index (κ2) is 4.72. The fraction of sp³-hybridized carbons (Fsp3) is 0.200. The SMILES string of the molecule is Cc1ccc(NCc2sccc2Br)nn1. The molecule has 0 fully saturated rings. The van der Waals surface area contributed by atoms with E-state index in [1.807, 2.05) is 25.1 Å². The maximum absolute atomic E-state index is 4.04. The first-order valence-corrected chi connectivity index (χ1v) is 6.19. The largest absolute Gasteiger partial charge is 0.364 e. The van der Waals surface area contributed by atoms with Gasteiger partial charge in [0.25, 0.3) is 0 Å². The maximum Gasteiger partial charge on any atom is 0.148 e. The molecule has 0 aliphatic rings. The van der Waals surface area contributed by atoms with Crippen molar-refractivity contribution in [2.45, 2.75) is 13.5 Å². The van der Waals surface area contributed by atoms with Crippen LogP contribution in [0.3, 0.4) is 0 Å². The molecule has 0 spiro atoms. The van der Waals surface area contributed by atoms with Gasteiger partial charge in [-0.05, 0) is 46.4 Å². The Kier molecular flexibility index (Phi) is 3.33. The summed E-state index contributed by atoms with van der Waals surface area (Å²) in [4.78, 5) is 1.26. The van der Waals surface area contributed by atoms with E-state index in [9.17, 15) is 0 Å². The third kappa shape index (κ3) is 2.76. The average Bonchev–Trinajstić information content (AvgIpc) is 2.63. The van der Waals surface area contributed by atoms with Crippen LogP contribution in [0.25, 0.3) is 0 Å². The summed E-state index contributed by atoms with van der Waals surface area (Å²) >= 11 is 5.20. The molecule has 0 aliphatic carbocycles. The molecular weight excluding hydrogens is 274 g/mol. The molecule has 2 heterocycles. The zero-order chi connectivity index (χ0) is 10.7. The Morgan fingerprint density at radius 3 is 2.80 bits per heavy atom. The second-order valence-corrected chi connectivity index (χ2v) is 4.96. The van der Waals surface area contributed by atoms with Crippen molar-refractivity contribution in [3.8, 4) is 0 Å². The molecule has 0 bridgehead atoms. The van der Waals surface area contributed by atoms with E-state index in [1.165, 1.54) is 4.88 Å². The summed E-state index contributed by atoms with van der Waals surface area (Å²) in [6.07, 6.45) is 0. The third-order valence-corrected chi connectivity index (χ3v) is 3.85. The predicted molar refractivity (Wildman–Crippen MR) is 66.1 cm³/mol. The number of hydrogen-bond donors (Lipinski definition) is 1. The van der Waals surface area contributed by atoms with Crippen LogP contribution in [0.4, 0.5) is 5.82 Å². The Hall–Kier alpha value is -0.940. The van der Waals surface area contributed by atoms with Crippen LogP contribution in [0.2, 0.25) is 0 Å². The molecular formula is C10H10BrN3S. The average molecular weight is 284 g/mol. The van der Waals surface area contributed by atoms with Crippen molar-refractivity contribution in [3.05, 3.63) is 38.6 Å². The van der Waals surface area contributed by atoms with Crippen molar-refractivity contribution in [2.75, 3.05) is 5.32 Å². The molecule has 0 aliphatic heterocycles. The van der Waals surface area contributed by atoms with Gasteiger partial charge >= 0.3 is 0 Å². The number of hydrogen-bond acceptors (Lipinski definition) is 4. The van der Waals surface area contributed by atoms with E-state index in [0.29, 0.717) is 0 Å². The highest BCUT2D eigenvalue weighted by atomic mass is 79.9. The highest BCUT2D eigenvalue weighted by Gasteiger charge is 2.01. The monoisotopic (exact) mass is 283 g/mol. The summed E-state index contributed by atoms with van der Waals surface area (Å²) in [7, 11) is 0. The molecule has 15 heavy (non-hydrogen) atoms. The first-order valence-electron chi connectivity index (χ1n) is 4.52. The molecule has 0 saturated carbocycles. The molecule has 78 valence electrons. The Labute approximate surface area is 101 Å². The van der Waals surface area contributed by atoms with Gasteiger partial charge in [-0.15, -0.1) is 16.4 Å². The Morgan fingerprint density at radius 2 is 2.20 bits per heavy atom.